The molecule has 2 saturated heterocycles. The summed E-state index contributed by atoms with van der Waals surface area (Å²) in [5.41, 5.74) is 3.16. The van der Waals surface area contributed by atoms with Gasteiger partial charge in [0, 0.05) is 17.3 Å². The van der Waals surface area contributed by atoms with Crippen LogP contribution in [0.4, 0.5) is 5.69 Å². The van der Waals surface area contributed by atoms with Gasteiger partial charge in [-0.1, -0.05) is 38.1 Å². The fourth-order valence-corrected chi connectivity index (χ4v) is 5.75. The van der Waals surface area contributed by atoms with Crippen molar-refractivity contribution in [3.05, 3.63) is 58.7 Å². The number of fused-ring (bicyclic) bond motifs is 4. The molecule has 0 bridgehead atoms. The maximum atomic E-state index is 13.8. The van der Waals surface area contributed by atoms with Crippen LogP contribution in [0.3, 0.4) is 0 Å². The molecular weight excluding hydrogens is 418 g/mol. The minimum absolute atomic E-state index is 0.0676. The van der Waals surface area contributed by atoms with Crippen LogP contribution >= 0.6 is 0 Å². The Balaban J connectivity index is 1.59. The van der Waals surface area contributed by atoms with Gasteiger partial charge in [-0.05, 0) is 48.6 Å². The fourth-order valence-electron chi connectivity index (χ4n) is 5.75. The number of rotatable bonds is 4. The van der Waals surface area contributed by atoms with E-state index in [1.54, 1.807) is 7.11 Å². The third-order valence-corrected chi connectivity index (χ3v) is 7.67. The minimum atomic E-state index is -1.24. The highest BCUT2D eigenvalue weighted by Gasteiger charge is 2.70. The first kappa shape index (κ1) is 21.6. The molecule has 2 fully saturated rings. The van der Waals surface area contributed by atoms with E-state index in [2.05, 4.69) is 10.6 Å². The SMILES string of the molecule is COc1ccc(CN2C(=O)[C@@H]3[C@@H](C(C)C)N[C@]4(C(=O)Nc5c4ccc(C)c5C)[C@H]3C2=O)cc1. The zero-order valence-corrected chi connectivity index (χ0v) is 19.6. The van der Waals surface area contributed by atoms with E-state index >= 15 is 0 Å². The Morgan fingerprint density at radius 2 is 1.73 bits per heavy atom. The summed E-state index contributed by atoms with van der Waals surface area (Å²) in [6.07, 6.45) is 0. The molecular formula is C26H29N3O4. The summed E-state index contributed by atoms with van der Waals surface area (Å²) in [6.45, 7) is 8.18. The van der Waals surface area contributed by atoms with Crippen molar-refractivity contribution in [1.29, 1.82) is 0 Å². The maximum Gasteiger partial charge on any atom is 0.250 e. The van der Waals surface area contributed by atoms with Gasteiger partial charge in [0.25, 0.3) is 0 Å². The molecule has 3 amide bonds. The van der Waals surface area contributed by atoms with Crippen LogP contribution in [-0.4, -0.2) is 35.8 Å². The molecule has 172 valence electrons. The predicted octanol–water partition coefficient (Wildman–Crippen LogP) is 2.89. The number of ether oxygens (including phenoxy) is 1. The molecule has 2 aromatic carbocycles. The van der Waals surface area contributed by atoms with Gasteiger partial charge in [0.1, 0.15) is 11.3 Å². The number of anilines is 1. The number of benzene rings is 2. The average Bonchev–Trinajstić information content (AvgIpc) is 3.38. The summed E-state index contributed by atoms with van der Waals surface area (Å²) in [6, 6.07) is 10.9. The summed E-state index contributed by atoms with van der Waals surface area (Å²) in [5, 5.41) is 6.51. The fraction of sp³-hybridized carbons (Fsp3) is 0.423. The summed E-state index contributed by atoms with van der Waals surface area (Å²) in [7, 11) is 1.59. The highest BCUT2D eigenvalue weighted by atomic mass is 16.5. The van der Waals surface area contributed by atoms with Crippen molar-refractivity contribution in [3.8, 4) is 5.75 Å². The van der Waals surface area contributed by atoms with E-state index in [-0.39, 0.29) is 36.2 Å². The largest absolute Gasteiger partial charge is 0.497 e. The lowest BCUT2D eigenvalue weighted by Gasteiger charge is -2.30. The normalized spacial score (nSPS) is 28.0. The number of hydrogen-bond acceptors (Lipinski definition) is 5. The molecule has 7 heteroatoms. The van der Waals surface area contributed by atoms with Gasteiger partial charge in [-0.15, -0.1) is 0 Å². The Kier molecular flexibility index (Phi) is 4.86. The number of aryl methyl sites for hydroxylation is 1. The second-order valence-electron chi connectivity index (χ2n) is 9.72. The summed E-state index contributed by atoms with van der Waals surface area (Å²) >= 11 is 0. The molecule has 5 rings (SSSR count). The van der Waals surface area contributed by atoms with Crippen molar-refractivity contribution in [2.45, 2.75) is 45.8 Å². The third kappa shape index (κ3) is 2.88. The Morgan fingerprint density at radius 1 is 1.03 bits per heavy atom. The first-order valence-electron chi connectivity index (χ1n) is 11.4. The molecule has 7 nitrogen and oxygen atoms in total. The number of nitrogens with one attached hydrogen (secondary N) is 2. The zero-order valence-electron chi connectivity index (χ0n) is 19.6. The van der Waals surface area contributed by atoms with Gasteiger partial charge in [0.05, 0.1) is 25.5 Å². The smallest absolute Gasteiger partial charge is 0.250 e. The van der Waals surface area contributed by atoms with Crippen LogP contribution in [0.1, 0.15) is 36.1 Å². The molecule has 0 saturated carbocycles. The number of likely N-dealkylation sites (tertiary alicyclic amines) is 1. The van der Waals surface area contributed by atoms with E-state index in [4.69, 9.17) is 4.74 Å². The lowest BCUT2D eigenvalue weighted by molar-refractivity contribution is -0.143. The molecule has 3 aliphatic rings. The molecule has 3 heterocycles. The second kappa shape index (κ2) is 7.42. The van der Waals surface area contributed by atoms with Crippen molar-refractivity contribution in [3.63, 3.8) is 0 Å². The van der Waals surface area contributed by atoms with Gasteiger partial charge < -0.3 is 10.1 Å². The van der Waals surface area contributed by atoms with Gasteiger partial charge >= 0.3 is 0 Å². The van der Waals surface area contributed by atoms with Crippen molar-refractivity contribution >= 4 is 23.4 Å². The van der Waals surface area contributed by atoms with Gasteiger partial charge in [0.2, 0.25) is 17.7 Å². The molecule has 2 N–H and O–H groups in total. The lowest BCUT2D eigenvalue weighted by atomic mass is 9.75. The molecule has 0 radical (unpaired) electrons. The van der Waals surface area contributed by atoms with Crippen LogP contribution in [0.2, 0.25) is 0 Å². The minimum Gasteiger partial charge on any atom is -0.497 e. The first-order chi connectivity index (χ1) is 15.7. The number of methoxy groups -OCH3 is 1. The Morgan fingerprint density at radius 3 is 2.36 bits per heavy atom. The molecule has 0 aromatic heterocycles. The Bertz CT molecular complexity index is 1170. The monoisotopic (exact) mass is 447 g/mol. The van der Waals surface area contributed by atoms with E-state index in [9.17, 15) is 14.4 Å². The van der Waals surface area contributed by atoms with E-state index in [1.807, 2.05) is 64.1 Å². The first-order valence-corrected chi connectivity index (χ1v) is 11.4. The van der Waals surface area contributed by atoms with Crippen molar-refractivity contribution < 1.29 is 19.1 Å². The van der Waals surface area contributed by atoms with Gasteiger partial charge in [-0.3, -0.25) is 24.6 Å². The van der Waals surface area contributed by atoms with Crippen molar-refractivity contribution in [2.75, 3.05) is 12.4 Å². The van der Waals surface area contributed by atoms with E-state index in [0.29, 0.717) is 5.75 Å². The van der Waals surface area contributed by atoms with Crippen LogP contribution in [0, 0.1) is 31.6 Å². The maximum absolute atomic E-state index is 13.8. The quantitative estimate of drug-likeness (QED) is 0.704. The van der Waals surface area contributed by atoms with Crippen LogP contribution in [0.5, 0.6) is 5.75 Å². The van der Waals surface area contributed by atoms with Gasteiger partial charge in [0.15, 0.2) is 0 Å². The number of imide groups is 1. The Hall–Kier alpha value is -3.19. The van der Waals surface area contributed by atoms with Gasteiger partial charge in [-0.25, -0.2) is 0 Å². The molecule has 0 unspecified atom stereocenters. The summed E-state index contributed by atoms with van der Waals surface area (Å²) < 4.78 is 5.21. The van der Waals surface area contributed by atoms with Crippen molar-refractivity contribution in [1.82, 2.24) is 10.2 Å². The number of amides is 3. The predicted molar refractivity (Wildman–Crippen MR) is 124 cm³/mol. The zero-order chi connectivity index (χ0) is 23.7. The highest BCUT2D eigenvalue weighted by Crippen LogP contribution is 2.54. The van der Waals surface area contributed by atoms with Crippen LogP contribution in [-0.2, 0) is 26.5 Å². The third-order valence-electron chi connectivity index (χ3n) is 7.67. The standard InChI is InChI=1S/C26H29N3O4/c1-13(2)21-19-20(24(31)29(23(19)30)12-16-7-9-17(33-5)10-8-16)26(28-21)18-11-6-14(3)15(4)22(18)27-25(26)32/h6-11,13,19-21,28H,12H2,1-5H3,(H,27,32)/t19-,20+,21+,26-/m0/s1. The van der Waals surface area contributed by atoms with E-state index in [1.165, 1.54) is 4.90 Å². The Labute approximate surface area is 193 Å². The molecule has 4 atom stereocenters. The van der Waals surface area contributed by atoms with E-state index < -0.39 is 17.4 Å². The highest BCUT2D eigenvalue weighted by molar-refractivity contribution is 6.15. The van der Waals surface area contributed by atoms with Crippen LogP contribution < -0.4 is 15.4 Å². The van der Waals surface area contributed by atoms with Crippen LogP contribution in [0.25, 0.3) is 0 Å². The lowest BCUT2D eigenvalue weighted by Crippen LogP contribution is -2.53. The number of nitrogens with zero attached hydrogens (tertiary/aromatic N) is 1. The van der Waals surface area contributed by atoms with E-state index in [0.717, 1.165) is 27.9 Å². The van der Waals surface area contributed by atoms with Gasteiger partial charge in [-0.2, -0.15) is 0 Å². The molecule has 1 spiro atoms. The summed E-state index contributed by atoms with van der Waals surface area (Å²) in [5.74, 6) is -1.35. The molecule has 2 aromatic rings. The molecule has 33 heavy (non-hydrogen) atoms. The van der Waals surface area contributed by atoms with Crippen LogP contribution in [0.15, 0.2) is 36.4 Å². The second-order valence-corrected chi connectivity index (χ2v) is 9.72. The topological polar surface area (TPSA) is 87.7 Å². The van der Waals surface area contributed by atoms with Crippen molar-refractivity contribution in [2.24, 2.45) is 17.8 Å². The molecule has 3 aliphatic heterocycles. The number of carbonyl (C=O) groups is 3. The number of hydrogen-bond donors (Lipinski definition) is 2. The summed E-state index contributed by atoms with van der Waals surface area (Å²) in [4.78, 5) is 42.3. The average molecular weight is 448 g/mol. The molecule has 0 aliphatic carbocycles. The number of carbonyl (C=O) groups excluding carboxylic acids is 3.